The number of halogens is 2. The molecule has 20 aromatic rings. The number of aliphatic hydroxyl groups is 2. The highest BCUT2D eigenvalue weighted by atomic mass is 35.5. The molecule has 20 rings (SSSR count). The van der Waals surface area contributed by atoms with E-state index in [1.807, 2.05) is 127 Å². The fourth-order valence-corrected chi connectivity index (χ4v) is 13.7. The topological polar surface area (TPSA) is 455 Å². The number of H-pyrrole nitrogens is 1. The van der Waals surface area contributed by atoms with Crippen LogP contribution in [0, 0.1) is 0 Å². The van der Waals surface area contributed by atoms with Crippen molar-refractivity contribution >= 4 is 113 Å². The van der Waals surface area contributed by atoms with Crippen LogP contribution in [-0.4, -0.2) is 178 Å². The molecule has 652 valence electrons. The lowest BCUT2D eigenvalue weighted by atomic mass is 10.1. The zero-order valence-corrected chi connectivity index (χ0v) is 67.6. The van der Waals surface area contributed by atoms with Gasteiger partial charge in [-0.15, -0.1) is 40.8 Å². The molecule has 0 fully saturated rings. The van der Waals surface area contributed by atoms with Crippen LogP contribution in [0.5, 0.6) is 23.0 Å². The van der Waals surface area contributed by atoms with Crippen molar-refractivity contribution in [1.82, 2.24) is 140 Å². The molecule has 0 saturated carbocycles. The van der Waals surface area contributed by atoms with Gasteiger partial charge in [-0.05, 0) is 97.8 Å². The molecule has 0 aliphatic carbocycles. The van der Waals surface area contributed by atoms with Crippen molar-refractivity contribution in [3.05, 3.63) is 258 Å². The molecule has 40 heteroatoms. The Balaban J connectivity index is 0.000000153. The van der Waals surface area contributed by atoms with E-state index in [2.05, 4.69) is 133 Å². The van der Waals surface area contributed by atoms with E-state index in [1.165, 1.54) is 0 Å². The minimum absolute atomic E-state index is 0. The van der Waals surface area contributed by atoms with Crippen LogP contribution in [0.25, 0.3) is 112 Å². The van der Waals surface area contributed by atoms with Gasteiger partial charge in [0.25, 0.3) is 5.78 Å². The van der Waals surface area contributed by atoms with Crippen LogP contribution < -0.4 is 40.2 Å². The maximum atomic E-state index is 9.82. The molecule has 0 saturated heterocycles. The fraction of sp³-hybridized carbons (Fsp3) is 0.193. The summed E-state index contributed by atoms with van der Waals surface area (Å²) in [6.45, 7) is 4.93. The summed E-state index contributed by atoms with van der Waals surface area (Å²) in [6.07, 6.45) is 15.5. The minimum atomic E-state index is -0.641. The summed E-state index contributed by atoms with van der Waals surface area (Å²) in [5.41, 5.74) is 18.6. The molecule has 17 heterocycles. The zero-order valence-electron chi connectivity index (χ0n) is 66.0. The van der Waals surface area contributed by atoms with Crippen LogP contribution in [0.2, 0.25) is 10.0 Å². The third kappa shape index (κ3) is 19.8. The smallest absolute Gasteiger partial charge is 0.272 e. The van der Waals surface area contributed by atoms with Crippen LogP contribution in [0.15, 0.2) is 214 Å². The molecule has 0 amide bonds. The first-order valence-electron chi connectivity index (χ1n) is 37.9. The van der Waals surface area contributed by atoms with E-state index in [9.17, 15) is 10.2 Å². The van der Waals surface area contributed by atoms with Gasteiger partial charge in [0.2, 0.25) is 0 Å². The summed E-state index contributed by atoms with van der Waals surface area (Å²) in [6, 6.07) is 46.7. The highest BCUT2D eigenvalue weighted by Crippen LogP contribution is 2.33. The van der Waals surface area contributed by atoms with Gasteiger partial charge in [-0.3, -0.25) is 19.9 Å². The average molecular weight is 1760 g/mol. The van der Waals surface area contributed by atoms with E-state index in [0.717, 1.165) is 89.3 Å². The molecule has 17 aromatic heterocycles. The van der Waals surface area contributed by atoms with Gasteiger partial charge in [0.05, 0.1) is 160 Å². The van der Waals surface area contributed by atoms with E-state index in [4.69, 9.17) is 52.3 Å². The summed E-state index contributed by atoms with van der Waals surface area (Å²) < 4.78 is 27.6. The second kappa shape index (κ2) is 41.0. The normalized spacial score (nSPS) is 11.3. The Hall–Kier alpha value is -15.9. The number of methoxy groups -OCH3 is 4. The highest BCUT2D eigenvalue weighted by Gasteiger charge is 2.20. The number of fused-ring (bicyclic) bond motifs is 8. The SMILES string of the molecule is C.C.C.C.C.COc1cnc2c(NCc3nnc4ccc(-c5ccc([C@@H](C)O)c(Cl)c5)nn34)ccnc2c1.COc1cnc2c(NCc3nnc4ccc(-c5ccc([C@H](C)O)c(Cl)c5)nn34)ccnc2c1.COc1cnc2c(NCc3nnc4ccc(-c5cn[nH]n5)nn34)ccnc2c1.COc1cnc2c(NCc3nnc4ncc(-c5ccccc5)nn34)ccnc2c1. The third-order valence-electron chi connectivity index (χ3n) is 19.3. The van der Waals surface area contributed by atoms with Gasteiger partial charge >= 0.3 is 0 Å². The lowest BCUT2D eigenvalue weighted by Crippen LogP contribution is -2.08. The average Bonchev–Trinajstić information content (AvgIpc) is 1.64. The molecule has 38 nitrogen and oxygen atoms in total. The number of nitrogens with one attached hydrogen (secondary N) is 5. The predicted octanol–water partition coefficient (Wildman–Crippen LogP) is 15.5. The van der Waals surface area contributed by atoms with Gasteiger partial charge in [0.1, 0.15) is 62.1 Å². The first-order valence-corrected chi connectivity index (χ1v) is 38.6. The Labute approximate surface area is 742 Å². The Morgan fingerprint density at radius 2 is 0.695 bits per heavy atom. The molecule has 0 bridgehead atoms. The number of aromatic amines is 1. The number of benzene rings is 3. The summed E-state index contributed by atoms with van der Waals surface area (Å²) in [5.74, 6) is 5.63. The predicted molar refractivity (Wildman–Crippen MR) is 491 cm³/mol. The number of nitrogens with zero attached hydrogens (tertiary/aromatic N) is 27. The van der Waals surface area contributed by atoms with E-state index in [0.29, 0.717) is 139 Å². The molecule has 0 aliphatic rings. The van der Waals surface area contributed by atoms with Crippen molar-refractivity contribution in [3.8, 4) is 68.2 Å². The van der Waals surface area contributed by atoms with E-state index >= 15 is 0 Å². The molecule has 0 spiro atoms. The molecule has 2 atom stereocenters. The quantitative estimate of drug-likeness (QED) is 0.0331. The number of pyridine rings is 8. The van der Waals surface area contributed by atoms with Crippen LogP contribution in [0.4, 0.5) is 22.7 Å². The number of ether oxygens (including phenoxy) is 4. The monoisotopic (exact) mass is 1760 g/mol. The Kier molecular flexibility index (Phi) is 29.3. The van der Waals surface area contributed by atoms with Crippen molar-refractivity contribution in [2.24, 2.45) is 0 Å². The highest BCUT2D eigenvalue weighted by molar-refractivity contribution is 6.32. The molecular formula is C88H90Cl2N32O6. The summed E-state index contributed by atoms with van der Waals surface area (Å²) >= 11 is 12.7. The van der Waals surface area contributed by atoms with E-state index < -0.39 is 12.2 Å². The summed E-state index contributed by atoms with van der Waals surface area (Å²) in [4.78, 5) is 39.6. The second-order valence-corrected chi connectivity index (χ2v) is 28.0. The number of anilines is 4. The van der Waals surface area contributed by atoms with E-state index in [1.54, 1.807) is 147 Å². The number of aromatic nitrogens is 28. The Bertz CT molecular complexity index is 6980. The van der Waals surface area contributed by atoms with Crippen LogP contribution >= 0.6 is 23.2 Å². The van der Waals surface area contributed by atoms with Crippen LogP contribution in [0.1, 0.15) is 97.6 Å². The van der Waals surface area contributed by atoms with Gasteiger partial charge in [0.15, 0.2) is 40.2 Å². The van der Waals surface area contributed by atoms with Crippen molar-refractivity contribution in [1.29, 1.82) is 0 Å². The van der Waals surface area contributed by atoms with Crippen molar-refractivity contribution < 1.29 is 29.2 Å². The molecule has 0 radical (unpaired) electrons. The number of rotatable bonds is 22. The molecule has 3 aromatic carbocycles. The van der Waals surface area contributed by atoms with E-state index in [-0.39, 0.29) is 37.1 Å². The Morgan fingerprint density at radius 1 is 0.344 bits per heavy atom. The summed E-state index contributed by atoms with van der Waals surface area (Å²) in [5, 5.41) is 96.8. The minimum Gasteiger partial charge on any atom is -0.495 e. The third-order valence-corrected chi connectivity index (χ3v) is 20.0. The maximum Gasteiger partial charge on any atom is 0.272 e. The second-order valence-electron chi connectivity index (χ2n) is 27.2. The zero-order chi connectivity index (χ0) is 84.5. The standard InChI is InChI=1S/2C23H20ClN7O2.C20H16N8O.C17H14N10O.5CH4/c2*1-13(32)16-4-3-14(9-17(16)24)18-5-6-21-28-29-22(31(21)30-18)12-26-19-7-8-25-20-10-15(33-2)11-27-23(19)20;1-29-14-9-16-19(23-10-14)15(7-8-21-16)22-12-18-25-26-20-24-11-17(27-28(18)20)13-5-3-2-4-6-13;1-28-10-6-13-17(20-7-10)12(4-5-18-13)19-9-16-24-23-15-3-2-11(25-27(15)16)14-8-21-26-22-14;;;;;/h2*3-11,13,32H,12H2,1-2H3,(H,25,26);2-11H,12H2,1H3,(H,21,22);2-8H,9H2,1H3,(H,18,19)(H,21,22,26);5*1H4/t2*13-;;;;;;;/m10......./s1. The number of hydrogen-bond donors (Lipinski definition) is 7. The molecule has 128 heavy (non-hydrogen) atoms. The van der Waals surface area contributed by atoms with Crippen molar-refractivity contribution in [3.63, 3.8) is 0 Å². The first kappa shape index (κ1) is 91.3. The number of aliphatic hydroxyl groups excluding tert-OH is 2. The lowest BCUT2D eigenvalue weighted by Gasteiger charge is -2.10. The maximum absolute atomic E-state index is 9.82. The Morgan fingerprint density at radius 3 is 1.05 bits per heavy atom. The van der Waals surface area contributed by atoms with Crippen LogP contribution in [-0.2, 0) is 26.2 Å². The van der Waals surface area contributed by atoms with Crippen molar-refractivity contribution in [2.75, 3.05) is 49.7 Å². The molecule has 0 unspecified atom stereocenters. The van der Waals surface area contributed by atoms with Crippen LogP contribution in [0.3, 0.4) is 0 Å². The first-order chi connectivity index (χ1) is 60.2. The number of hydrogen-bond acceptors (Lipinski definition) is 33. The van der Waals surface area contributed by atoms with Gasteiger partial charge in [0, 0.05) is 75.8 Å². The molecule has 0 aliphatic heterocycles. The van der Waals surface area contributed by atoms with Gasteiger partial charge in [-0.2, -0.15) is 53.9 Å². The van der Waals surface area contributed by atoms with Gasteiger partial charge in [-0.1, -0.05) is 115 Å². The van der Waals surface area contributed by atoms with Gasteiger partial charge < -0.3 is 50.4 Å². The lowest BCUT2D eigenvalue weighted by molar-refractivity contribution is 0.199. The largest absolute Gasteiger partial charge is 0.495 e. The van der Waals surface area contributed by atoms with Gasteiger partial charge in [-0.25, -0.2) is 24.9 Å². The van der Waals surface area contributed by atoms with Crippen molar-refractivity contribution in [2.45, 2.75) is 89.4 Å². The molecule has 7 N–H and O–H groups in total. The molecular weight excluding hydrogens is 1670 g/mol. The summed E-state index contributed by atoms with van der Waals surface area (Å²) in [7, 11) is 6.39. The fourth-order valence-electron chi connectivity index (χ4n) is 13.0.